The summed E-state index contributed by atoms with van der Waals surface area (Å²) < 4.78 is 11.5. The number of furan rings is 1. The summed E-state index contributed by atoms with van der Waals surface area (Å²) in [6.07, 6.45) is 0.761. The predicted octanol–water partition coefficient (Wildman–Crippen LogP) is 5.76. The van der Waals surface area contributed by atoms with Crippen LogP contribution in [0.15, 0.2) is 65.1 Å². The molecule has 0 radical (unpaired) electrons. The summed E-state index contributed by atoms with van der Waals surface area (Å²) in [7, 11) is 3.34. The number of nitrogens with zero attached hydrogens (tertiary/aromatic N) is 1. The Balaban J connectivity index is 1.77. The maximum Gasteiger partial charge on any atom is 0.289 e. The molecule has 3 aromatic rings. The number of methoxy groups -OCH3 is 1. The van der Waals surface area contributed by atoms with E-state index in [0.717, 1.165) is 23.3 Å². The van der Waals surface area contributed by atoms with Crippen molar-refractivity contribution in [3.05, 3.63) is 88.9 Å². The zero-order chi connectivity index (χ0) is 24.2. The molecule has 0 aliphatic rings. The molecule has 0 aliphatic heterocycles. The molecule has 1 aromatic heterocycles. The van der Waals surface area contributed by atoms with Gasteiger partial charge in [-0.25, -0.2) is 0 Å². The topological polar surface area (TPSA) is 62.9 Å². The monoisotopic (exact) mass is 449 g/mol. The van der Waals surface area contributed by atoms with Gasteiger partial charge in [0.05, 0.1) is 19.3 Å². The second-order valence-corrected chi connectivity index (χ2v) is 9.22. The Kier molecular flexibility index (Phi) is 7.65. The van der Waals surface area contributed by atoms with Gasteiger partial charge in [-0.15, -0.1) is 0 Å². The van der Waals surface area contributed by atoms with Gasteiger partial charge in [0.1, 0.15) is 11.5 Å². The first-order chi connectivity index (χ1) is 15.7. The Hall–Kier alpha value is -3.05. The van der Waals surface area contributed by atoms with Gasteiger partial charge in [0, 0.05) is 19.0 Å². The van der Waals surface area contributed by atoms with Crippen LogP contribution in [-0.2, 0) is 11.8 Å². The first-order valence-electron chi connectivity index (χ1n) is 11.4. The fraction of sp³-hybridized carbons (Fsp3) is 0.393. The molecule has 0 fully saturated rings. The van der Waals surface area contributed by atoms with E-state index in [2.05, 4.69) is 32.9 Å². The van der Waals surface area contributed by atoms with E-state index in [1.54, 1.807) is 20.2 Å². The van der Waals surface area contributed by atoms with Gasteiger partial charge in [0.15, 0.2) is 5.76 Å². The number of carbonyl (C=O) groups is 1. The molecule has 2 atom stereocenters. The molecule has 1 N–H and O–H groups in total. The lowest BCUT2D eigenvalue weighted by atomic mass is 9.81. The zero-order valence-electron chi connectivity index (χ0n) is 20.5. The normalized spacial score (nSPS) is 13.4. The molecule has 0 bridgehead atoms. The minimum Gasteiger partial charge on any atom is -0.496 e. The van der Waals surface area contributed by atoms with Gasteiger partial charge in [-0.2, -0.15) is 0 Å². The number of carbonyl (C=O) groups excluding carboxylic acids is 1. The number of rotatable bonds is 9. The lowest BCUT2D eigenvalue weighted by Crippen LogP contribution is -2.38. The number of hydrogen-bond donors (Lipinski definition) is 1. The minimum atomic E-state index is -0.788. The number of aliphatic hydroxyl groups is 1. The van der Waals surface area contributed by atoms with E-state index in [4.69, 9.17) is 9.15 Å². The van der Waals surface area contributed by atoms with Crippen molar-refractivity contribution in [1.29, 1.82) is 0 Å². The molecule has 2 aromatic carbocycles. The number of amides is 1. The standard InChI is InChI=1S/C28H35NO4/c1-7-28(3,4)22-13-15-24(32-6)21(17-22)18-23-14-16-25(33-23)27(31)29(5)19(2)26(30)20-11-9-8-10-12-20/h8-17,19,26,30H,7,18H2,1-6H3. The average molecular weight is 450 g/mol. The van der Waals surface area contributed by atoms with Crippen LogP contribution in [0.1, 0.15) is 73.2 Å². The van der Waals surface area contributed by atoms with Crippen LogP contribution >= 0.6 is 0 Å². The van der Waals surface area contributed by atoms with Gasteiger partial charge < -0.3 is 19.2 Å². The minimum absolute atomic E-state index is 0.0593. The highest BCUT2D eigenvalue weighted by Gasteiger charge is 2.27. The summed E-state index contributed by atoms with van der Waals surface area (Å²) in [6.45, 7) is 8.46. The molecule has 0 spiro atoms. The van der Waals surface area contributed by atoms with Crippen molar-refractivity contribution in [2.24, 2.45) is 0 Å². The number of benzene rings is 2. The van der Waals surface area contributed by atoms with Crippen LogP contribution in [-0.4, -0.2) is 36.1 Å². The number of likely N-dealkylation sites (N-methyl/N-ethyl adjacent to an activating group) is 1. The Bertz CT molecular complexity index is 1070. The Morgan fingerprint density at radius 3 is 2.45 bits per heavy atom. The van der Waals surface area contributed by atoms with E-state index in [1.807, 2.05) is 49.4 Å². The Morgan fingerprint density at radius 1 is 1.12 bits per heavy atom. The molecule has 0 saturated heterocycles. The van der Waals surface area contributed by atoms with Crippen molar-refractivity contribution in [1.82, 2.24) is 4.90 Å². The van der Waals surface area contributed by atoms with Crippen molar-refractivity contribution >= 4 is 5.91 Å². The highest BCUT2D eigenvalue weighted by molar-refractivity contribution is 5.91. The molecule has 5 heteroatoms. The molecule has 176 valence electrons. The van der Waals surface area contributed by atoms with E-state index in [0.29, 0.717) is 12.2 Å². The maximum absolute atomic E-state index is 13.0. The summed E-state index contributed by atoms with van der Waals surface area (Å²) >= 11 is 0. The van der Waals surface area contributed by atoms with Crippen molar-refractivity contribution in [3.8, 4) is 5.75 Å². The largest absolute Gasteiger partial charge is 0.496 e. The summed E-state index contributed by atoms with van der Waals surface area (Å²) in [5.74, 6) is 1.47. The van der Waals surface area contributed by atoms with E-state index in [1.165, 1.54) is 10.5 Å². The highest BCUT2D eigenvalue weighted by atomic mass is 16.5. The van der Waals surface area contributed by atoms with Gasteiger partial charge in [0.2, 0.25) is 0 Å². The van der Waals surface area contributed by atoms with Gasteiger partial charge >= 0.3 is 0 Å². The van der Waals surface area contributed by atoms with Crippen LogP contribution in [0.2, 0.25) is 0 Å². The maximum atomic E-state index is 13.0. The summed E-state index contributed by atoms with van der Waals surface area (Å²) in [5, 5.41) is 10.7. The van der Waals surface area contributed by atoms with E-state index >= 15 is 0 Å². The second kappa shape index (κ2) is 10.3. The second-order valence-electron chi connectivity index (χ2n) is 9.22. The summed E-state index contributed by atoms with van der Waals surface area (Å²) in [5.41, 5.74) is 3.09. The fourth-order valence-corrected chi connectivity index (χ4v) is 3.82. The molecule has 5 nitrogen and oxygen atoms in total. The molecule has 1 amide bonds. The van der Waals surface area contributed by atoms with Crippen molar-refractivity contribution in [3.63, 3.8) is 0 Å². The smallest absolute Gasteiger partial charge is 0.289 e. The zero-order valence-corrected chi connectivity index (χ0v) is 20.5. The first kappa shape index (κ1) is 24.6. The van der Waals surface area contributed by atoms with Gasteiger partial charge in [-0.05, 0) is 48.1 Å². The van der Waals surface area contributed by atoms with Crippen LogP contribution in [0.5, 0.6) is 5.75 Å². The Morgan fingerprint density at radius 2 is 1.82 bits per heavy atom. The third kappa shape index (κ3) is 5.48. The highest BCUT2D eigenvalue weighted by Crippen LogP contribution is 2.32. The Labute approximate surface area is 197 Å². The van der Waals surface area contributed by atoms with Crippen LogP contribution in [0.4, 0.5) is 0 Å². The molecule has 1 heterocycles. The van der Waals surface area contributed by atoms with Crippen molar-refractivity contribution in [2.45, 2.75) is 58.1 Å². The number of aliphatic hydroxyl groups excluding tert-OH is 1. The summed E-state index contributed by atoms with van der Waals surface area (Å²) in [6, 6.07) is 18.7. The van der Waals surface area contributed by atoms with Crippen molar-refractivity contribution in [2.75, 3.05) is 14.2 Å². The third-order valence-electron chi connectivity index (χ3n) is 6.71. The van der Waals surface area contributed by atoms with E-state index < -0.39 is 12.1 Å². The number of ether oxygens (including phenoxy) is 1. The molecule has 33 heavy (non-hydrogen) atoms. The van der Waals surface area contributed by atoms with Gasteiger partial charge in [-0.3, -0.25) is 4.79 Å². The van der Waals surface area contributed by atoms with Crippen LogP contribution in [0.3, 0.4) is 0 Å². The fourth-order valence-electron chi connectivity index (χ4n) is 3.82. The third-order valence-corrected chi connectivity index (χ3v) is 6.71. The molecule has 0 aliphatic carbocycles. The molecular weight excluding hydrogens is 414 g/mol. The average Bonchev–Trinajstić information content (AvgIpc) is 3.31. The lowest BCUT2D eigenvalue weighted by molar-refractivity contribution is 0.0460. The number of hydrogen-bond acceptors (Lipinski definition) is 4. The molecular formula is C28H35NO4. The van der Waals surface area contributed by atoms with Crippen LogP contribution < -0.4 is 4.74 Å². The quantitative estimate of drug-likeness (QED) is 0.451. The lowest BCUT2D eigenvalue weighted by Gasteiger charge is -2.28. The predicted molar refractivity (Wildman–Crippen MR) is 131 cm³/mol. The molecule has 2 unspecified atom stereocenters. The van der Waals surface area contributed by atoms with Crippen LogP contribution in [0, 0.1) is 0 Å². The first-order valence-corrected chi connectivity index (χ1v) is 11.4. The molecule has 3 rings (SSSR count). The SMILES string of the molecule is CCC(C)(C)c1ccc(OC)c(Cc2ccc(C(=O)N(C)C(C)C(O)c3ccccc3)o2)c1. The van der Waals surface area contributed by atoms with Crippen molar-refractivity contribution < 1.29 is 19.1 Å². The van der Waals surface area contributed by atoms with E-state index in [-0.39, 0.29) is 17.1 Å². The van der Waals surface area contributed by atoms with E-state index in [9.17, 15) is 9.90 Å². The van der Waals surface area contributed by atoms with Gasteiger partial charge in [-0.1, -0.05) is 63.2 Å². The van der Waals surface area contributed by atoms with Crippen LogP contribution in [0.25, 0.3) is 0 Å². The summed E-state index contributed by atoms with van der Waals surface area (Å²) in [4.78, 5) is 14.6. The van der Waals surface area contributed by atoms with Gasteiger partial charge in [0.25, 0.3) is 5.91 Å². The molecule has 0 saturated carbocycles.